The molecule has 1 aromatic rings. The number of imide groups is 1. The number of nitrogens with zero attached hydrogens (tertiary/aromatic N) is 1. The third-order valence-electron chi connectivity index (χ3n) is 3.58. The van der Waals surface area contributed by atoms with Gasteiger partial charge in [0.2, 0.25) is 5.91 Å². The summed E-state index contributed by atoms with van der Waals surface area (Å²) in [5.41, 5.74) is 0.910. The first-order valence-corrected chi connectivity index (χ1v) is 7.32. The highest BCUT2D eigenvalue weighted by Gasteiger charge is 2.40. The van der Waals surface area contributed by atoms with E-state index in [4.69, 9.17) is 0 Å². The number of anilines is 1. The molecule has 0 bridgehead atoms. The topological polar surface area (TPSA) is 95.6 Å². The number of ketones is 1. The van der Waals surface area contributed by atoms with Crippen LogP contribution in [0.25, 0.3) is 0 Å². The van der Waals surface area contributed by atoms with Gasteiger partial charge >= 0.3 is 6.03 Å². The van der Waals surface area contributed by atoms with E-state index in [0.717, 1.165) is 4.90 Å². The van der Waals surface area contributed by atoms with Gasteiger partial charge in [0, 0.05) is 11.3 Å². The van der Waals surface area contributed by atoms with Crippen LogP contribution < -0.4 is 10.6 Å². The Balaban J connectivity index is 2.03. The van der Waals surface area contributed by atoms with Gasteiger partial charge in [-0.25, -0.2) is 4.79 Å². The van der Waals surface area contributed by atoms with Crippen molar-refractivity contribution in [1.29, 1.82) is 0 Å². The van der Waals surface area contributed by atoms with Crippen LogP contribution in [0.2, 0.25) is 0 Å². The van der Waals surface area contributed by atoms with Crippen molar-refractivity contribution in [3.63, 3.8) is 0 Å². The van der Waals surface area contributed by atoms with Gasteiger partial charge < -0.3 is 10.6 Å². The molecule has 0 spiro atoms. The minimum atomic E-state index is -0.601. The van der Waals surface area contributed by atoms with Crippen molar-refractivity contribution < 1.29 is 19.2 Å². The van der Waals surface area contributed by atoms with Crippen LogP contribution in [0, 0.1) is 5.92 Å². The van der Waals surface area contributed by atoms with Gasteiger partial charge in [0.1, 0.15) is 12.6 Å². The van der Waals surface area contributed by atoms with Crippen molar-refractivity contribution >= 4 is 29.3 Å². The molecule has 23 heavy (non-hydrogen) atoms. The largest absolute Gasteiger partial charge is 0.326 e. The molecule has 0 saturated carbocycles. The molecular formula is C16H19N3O4. The van der Waals surface area contributed by atoms with E-state index in [1.165, 1.54) is 6.92 Å². The summed E-state index contributed by atoms with van der Waals surface area (Å²) < 4.78 is 0. The molecule has 2 N–H and O–H groups in total. The average molecular weight is 317 g/mol. The van der Waals surface area contributed by atoms with Gasteiger partial charge in [0.25, 0.3) is 5.91 Å². The Bertz CT molecular complexity index is 669. The molecule has 1 aliphatic heterocycles. The second-order valence-electron chi connectivity index (χ2n) is 5.78. The summed E-state index contributed by atoms with van der Waals surface area (Å²) in [6, 6.07) is 5.30. The maximum absolute atomic E-state index is 12.1. The molecule has 2 rings (SSSR count). The highest BCUT2D eigenvalue weighted by Crippen LogP contribution is 2.15. The predicted molar refractivity (Wildman–Crippen MR) is 83.9 cm³/mol. The normalized spacial score (nSPS) is 17.4. The monoisotopic (exact) mass is 317 g/mol. The fourth-order valence-electron chi connectivity index (χ4n) is 2.30. The van der Waals surface area contributed by atoms with Crippen LogP contribution in [0.5, 0.6) is 0 Å². The van der Waals surface area contributed by atoms with E-state index < -0.39 is 23.9 Å². The molecule has 4 amide bonds. The number of hydrogen-bond acceptors (Lipinski definition) is 4. The van der Waals surface area contributed by atoms with Gasteiger partial charge in [-0.05, 0) is 25.0 Å². The van der Waals surface area contributed by atoms with E-state index in [1.807, 2.05) is 13.8 Å². The summed E-state index contributed by atoms with van der Waals surface area (Å²) in [5, 5.41) is 5.14. The third kappa shape index (κ3) is 3.74. The van der Waals surface area contributed by atoms with E-state index in [-0.39, 0.29) is 18.2 Å². The standard InChI is InChI=1S/C16H19N3O4/c1-9(2)14-15(22)19(16(23)18-14)8-13(21)17-12-6-4-5-11(7-12)10(3)20/h4-7,9,14H,8H2,1-3H3,(H,17,21)(H,18,23). The Labute approximate surface area is 134 Å². The number of urea groups is 1. The lowest BCUT2D eigenvalue weighted by atomic mass is 10.1. The number of carbonyl (C=O) groups is 4. The summed E-state index contributed by atoms with van der Waals surface area (Å²) in [7, 11) is 0. The Morgan fingerprint density at radius 3 is 2.57 bits per heavy atom. The highest BCUT2D eigenvalue weighted by atomic mass is 16.2. The number of Topliss-reactive ketones (excluding diaryl/α,β-unsaturated/α-hetero) is 1. The van der Waals surface area contributed by atoms with Crippen molar-refractivity contribution in [3.8, 4) is 0 Å². The maximum Gasteiger partial charge on any atom is 0.325 e. The molecule has 122 valence electrons. The predicted octanol–water partition coefficient (Wildman–Crippen LogP) is 1.40. The first kappa shape index (κ1) is 16.7. The van der Waals surface area contributed by atoms with Crippen molar-refractivity contribution in [2.24, 2.45) is 5.92 Å². The number of hydrogen-bond donors (Lipinski definition) is 2. The van der Waals surface area contributed by atoms with Crippen LogP contribution in [-0.2, 0) is 9.59 Å². The van der Waals surface area contributed by atoms with E-state index in [2.05, 4.69) is 10.6 Å². The second-order valence-corrected chi connectivity index (χ2v) is 5.78. The molecule has 1 atom stereocenters. The van der Waals surface area contributed by atoms with Gasteiger partial charge in [-0.2, -0.15) is 0 Å². The molecule has 1 heterocycles. The van der Waals surface area contributed by atoms with Crippen molar-refractivity contribution in [2.45, 2.75) is 26.8 Å². The zero-order valence-corrected chi connectivity index (χ0v) is 13.3. The number of carbonyl (C=O) groups excluding carboxylic acids is 4. The molecule has 1 aromatic carbocycles. The zero-order valence-electron chi connectivity index (χ0n) is 13.3. The molecule has 0 radical (unpaired) electrons. The van der Waals surface area contributed by atoms with Gasteiger partial charge in [-0.1, -0.05) is 26.0 Å². The summed E-state index contributed by atoms with van der Waals surface area (Å²) >= 11 is 0. The van der Waals surface area contributed by atoms with Crippen LogP contribution in [0.1, 0.15) is 31.1 Å². The van der Waals surface area contributed by atoms with E-state index >= 15 is 0 Å². The number of nitrogens with one attached hydrogen (secondary N) is 2. The van der Waals surface area contributed by atoms with Crippen LogP contribution >= 0.6 is 0 Å². The molecule has 0 aliphatic carbocycles. The van der Waals surface area contributed by atoms with Crippen molar-refractivity contribution in [1.82, 2.24) is 10.2 Å². The molecule has 0 aromatic heterocycles. The smallest absolute Gasteiger partial charge is 0.325 e. The fraction of sp³-hybridized carbons (Fsp3) is 0.375. The quantitative estimate of drug-likeness (QED) is 0.634. The molecule has 1 saturated heterocycles. The van der Waals surface area contributed by atoms with Gasteiger partial charge in [0.05, 0.1) is 0 Å². The Kier molecular flexibility index (Phi) is 4.78. The van der Waals surface area contributed by atoms with E-state index in [9.17, 15) is 19.2 Å². The lowest BCUT2D eigenvalue weighted by molar-refractivity contribution is -0.131. The molecule has 7 heteroatoms. The summed E-state index contributed by atoms with van der Waals surface area (Å²) in [5.74, 6) is -1.07. The summed E-state index contributed by atoms with van der Waals surface area (Å²) in [4.78, 5) is 48.2. The third-order valence-corrected chi connectivity index (χ3v) is 3.58. The Morgan fingerprint density at radius 1 is 1.30 bits per heavy atom. The Morgan fingerprint density at radius 2 is 2.00 bits per heavy atom. The van der Waals surface area contributed by atoms with E-state index in [1.54, 1.807) is 24.3 Å². The number of amides is 4. The number of benzene rings is 1. The minimum absolute atomic E-state index is 0.0493. The highest BCUT2D eigenvalue weighted by molar-refractivity contribution is 6.08. The Hall–Kier alpha value is -2.70. The summed E-state index contributed by atoms with van der Waals surface area (Å²) in [6.07, 6.45) is 0. The zero-order chi connectivity index (χ0) is 17.1. The average Bonchev–Trinajstić information content (AvgIpc) is 2.75. The molecule has 1 aliphatic rings. The van der Waals surface area contributed by atoms with Gasteiger partial charge in [0.15, 0.2) is 5.78 Å². The van der Waals surface area contributed by atoms with Gasteiger partial charge in [-0.15, -0.1) is 0 Å². The van der Waals surface area contributed by atoms with Crippen LogP contribution in [-0.4, -0.2) is 41.1 Å². The lowest BCUT2D eigenvalue weighted by Crippen LogP contribution is -2.39. The lowest BCUT2D eigenvalue weighted by Gasteiger charge is -2.14. The van der Waals surface area contributed by atoms with E-state index in [0.29, 0.717) is 11.3 Å². The van der Waals surface area contributed by atoms with Crippen molar-refractivity contribution in [2.75, 3.05) is 11.9 Å². The first-order valence-electron chi connectivity index (χ1n) is 7.32. The van der Waals surface area contributed by atoms with Crippen LogP contribution in [0.3, 0.4) is 0 Å². The maximum atomic E-state index is 12.1. The molecule has 1 unspecified atom stereocenters. The molecular weight excluding hydrogens is 298 g/mol. The molecule has 1 fully saturated rings. The van der Waals surface area contributed by atoms with Crippen molar-refractivity contribution in [3.05, 3.63) is 29.8 Å². The van der Waals surface area contributed by atoms with Gasteiger partial charge in [-0.3, -0.25) is 19.3 Å². The fourth-order valence-corrected chi connectivity index (χ4v) is 2.30. The minimum Gasteiger partial charge on any atom is -0.326 e. The van der Waals surface area contributed by atoms with Crippen LogP contribution in [0.4, 0.5) is 10.5 Å². The number of rotatable bonds is 5. The summed E-state index contributed by atoms with van der Waals surface area (Å²) in [6.45, 7) is 4.71. The second kappa shape index (κ2) is 6.60. The molecule has 7 nitrogen and oxygen atoms in total. The first-order chi connectivity index (χ1) is 10.8. The SMILES string of the molecule is CC(=O)c1cccc(NC(=O)CN2C(=O)NC(C(C)C)C2=O)c1. The van der Waals surface area contributed by atoms with Crippen LogP contribution in [0.15, 0.2) is 24.3 Å².